The van der Waals surface area contributed by atoms with Crippen LogP contribution in [0, 0.1) is 0 Å². The van der Waals surface area contributed by atoms with E-state index in [4.69, 9.17) is 23.2 Å². The first-order chi connectivity index (χ1) is 17.0. The Bertz CT molecular complexity index is 1210. The van der Waals surface area contributed by atoms with Gasteiger partial charge in [0.25, 0.3) is 0 Å². The molecule has 3 aromatic rings. The predicted molar refractivity (Wildman–Crippen MR) is 140 cm³/mol. The highest BCUT2D eigenvalue weighted by atomic mass is 35.5. The van der Waals surface area contributed by atoms with Gasteiger partial charge in [0.1, 0.15) is 0 Å². The fourth-order valence-corrected chi connectivity index (χ4v) is 5.87. The molecule has 0 radical (unpaired) electrons. The third kappa shape index (κ3) is 4.87. The highest BCUT2D eigenvalue weighted by molar-refractivity contribution is 6.35. The second-order valence-corrected chi connectivity index (χ2v) is 10.3. The Morgan fingerprint density at radius 3 is 2.80 bits per heavy atom. The number of anilines is 1. The van der Waals surface area contributed by atoms with Crippen molar-refractivity contribution in [2.45, 2.75) is 44.3 Å². The smallest absolute Gasteiger partial charge is 0.240 e. The SMILES string of the molecule is C[C@H](c1ccc(Cl)cc1Cl)n1ncc2ccc(N3CCN(C(=O)[C@H]4CCCCN4)C(CO)C3)cc21. The molecule has 2 N–H and O–H groups in total. The number of nitrogens with zero attached hydrogens (tertiary/aromatic N) is 4. The molecule has 2 aliphatic heterocycles. The summed E-state index contributed by atoms with van der Waals surface area (Å²) in [4.78, 5) is 17.2. The summed E-state index contributed by atoms with van der Waals surface area (Å²) in [6, 6.07) is 11.4. The number of carbonyl (C=O) groups excluding carboxylic acids is 1. The van der Waals surface area contributed by atoms with Crippen LogP contribution < -0.4 is 10.2 Å². The molecule has 35 heavy (non-hydrogen) atoms. The van der Waals surface area contributed by atoms with Crippen molar-refractivity contribution in [3.05, 3.63) is 58.2 Å². The van der Waals surface area contributed by atoms with E-state index in [9.17, 15) is 9.90 Å². The molecule has 2 aromatic carbocycles. The summed E-state index contributed by atoms with van der Waals surface area (Å²) in [5.74, 6) is 0.116. The summed E-state index contributed by atoms with van der Waals surface area (Å²) >= 11 is 12.6. The Kier molecular flexibility index (Phi) is 7.21. The Labute approximate surface area is 215 Å². The van der Waals surface area contributed by atoms with Crippen molar-refractivity contribution in [1.29, 1.82) is 0 Å². The molecule has 0 aliphatic carbocycles. The Morgan fingerprint density at radius 1 is 1.20 bits per heavy atom. The van der Waals surface area contributed by atoms with Crippen LogP contribution in [0.3, 0.4) is 0 Å². The van der Waals surface area contributed by atoms with Crippen LogP contribution >= 0.6 is 23.2 Å². The molecule has 0 bridgehead atoms. The van der Waals surface area contributed by atoms with E-state index in [2.05, 4.69) is 40.4 Å². The minimum atomic E-state index is -0.229. The molecule has 2 saturated heterocycles. The first kappa shape index (κ1) is 24.4. The Morgan fingerprint density at radius 2 is 2.06 bits per heavy atom. The minimum Gasteiger partial charge on any atom is -0.394 e. The maximum absolute atomic E-state index is 13.1. The van der Waals surface area contributed by atoms with Gasteiger partial charge in [0.15, 0.2) is 0 Å². The first-order valence-corrected chi connectivity index (χ1v) is 13.0. The van der Waals surface area contributed by atoms with Crippen molar-refractivity contribution in [2.75, 3.05) is 37.7 Å². The third-order valence-corrected chi connectivity index (χ3v) is 7.87. The lowest BCUT2D eigenvalue weighted by Gasteiger charge is -2.43. The van der Waals surface area contributed by atoms with E-state index in [0.717, 1.165) is 48.0 Å². The molecule has 2 fully saturated rings. The second kappa shape index (κ2) is 10.3. The van der Waals surface area contributed by atoms with Crippen molar-refractivity contribution < 1.29 is 9.90 Å². The average molecular weight is 516 g/mol. The van der Waals surface area contributed by atoms with Crippen molar-refractivity contribution >= 4 is 45.7 Å². The molecular formula is C26H31Cl2N5O2. The molecule has 1 amide bonds. The maximum Gasteiger partial charge on any atom is 0.240 e. The Balaban J connectivity index is 1.37. The Hall–Kier alpha value is -2.32. The fourth-order valence-electron chi connectivity index (χ4n) is 5.30. The lowest BCUT2D eigenvalue weighted by Crippen LogP contribution is -2.60. The van der Waals surface area contributed by atoms with Crippen LogP contribution in [-0.2, 0) is 4.79 Å². The van der Waals surface area contributed by atoms with Gasteiger partial charge in [-0.2, -0.15) is 5.10 Å². The van der Waals surface area contributed by atoms with Gasteiger partial charge in [-0.25, -0.2) is 0 Å². The molecular weight excluding hydrogens is 485 g/mol. The van der Waals surface area contributed by atoms with Crippen molar-refractivity contribution in [3.8, 4) is 0 Å². The number of amides is 1. The maximum atomic E-state index is 13.1. The second-order valence-electron chi connectivity index (χ2n) is 9.49. The molecule has 0 spiro atoms. The number of fused-ring (bicyclic) bond motifs is 1. The van der Waals surface area contributed by atoms with Crippen LogP contribution in [0.25, 0.3) is 10.9 Å². The average Bonchev–Trinajstić information content (AvgIpc) is 3.31. The van der Waals surface area contributed by atoms with E-state index in [-0.39, 0.29) is 30.6 Å². The largest absolute Gasteiger partial charge is 0.394 e. The van der Waals surface area contributed by atoms with Crippen LogP contribution in [0.4, 0.5) is 5.69 Å². The van der Waals surface area contributed by atoms with Gasteiger partial charge < -0.3 is 20.2 Å². The van der Waals surface area contributed by atoms with E-state index in [1.54, 1.807) is 6.07 Å². The number of hydrogen-bond acceptors (Lipinski definition) is 5. The summed E-state index contributed by atoms with van der Waals surface area (Å²) in [7, 11) is 0. The summed E-state index contributed by atoms with van der Waals surface area (Å²) in [6.45, 7) is 4.80. The van der Waals surface area contributed by atoms with Crippen LogP contribution in [-0.4, -0.2) is 70.6 Å². The highest BCUT2D eigenvalue weighted by Crippen LogP contribution is 2.32. The molecule has 1 aromatic heterocycles. The highest BCUT2D eigenvalue weighted by Gasteiger charge is 2.34. The van der Waals surface area contributed by atoms with Gasteiger partial charge in [-0.3, -0.25) is 9.48 Å². The van der Waals surface area contributed by atoms with Gasteiger partial charge >= 0.3 is 0 Å². The molecule has 2 aliphatic rings. The van der Waals surface area contributed by atoms with E-state index in [0.29, 0.717) is 29.7 Å². The number of hydrogen-bond donors (Lipinski definition) is 2. The summed E-state index contributed by atoms with van der Waals surface area (Å²) in [6.07, 6.45) is 4.92. The van der Waals surface area contributed by atoms with Crippen LogP contribution in [0.2, 0.25) is 10.0 Å². The number of halogens is 2. The number of piperazine rings is 1. The normalized spacial score (nSPS) is 21.9. The van der Waals surface area contributed by atoms with Crippen LogP contribution in [0.15, 0.2) is 42.6 Å². The number of rotatable bonds is 5. The number of aromatic nitrogens is 2. The molecule has 9 heteroatoms. The lowest BCUT2D eigenvalue weighted by molar-refractivity contribution is -0.137. The quantitative estimate of drug-likeness (QED) is 0.534. The molecule has 5 rings (SSSR count). The van der Waals surface area contributed by atoms with E-state index in [1.807, 2.05) is 27.9 Å². The number of carbonyl (C=O) groups is 1. The summed E-state index contributed by atoms with van der Waals surface area (Å²) in [5.41, 5.74) is 3.01. The first-order valence-electron chi connectivity index (χ1n) is 12.3. The van der Waals surface area contributed by atoms with Crippen molar-refractivity contribution in [1.82, 2.24) is 20.0 Å². The zero-order valence-electron chi connectivity index (χ0n) is 19.8. The zero-order valence-corrected chi connectivity index (χ0v) is 21.3. The van der Waals surface area contributed by atoms with Gasteiger partial charge in [-0.1, -0.05) is 35.7 Å². The zero-order chi connectivity index (χ0) is 24.5. The number of aliphatic hydroxyl groups excluding tert-OH is 1. The van der Waals surface area contributed by atoms with Crippen LogP contribution in [0.1, 0.15) is 37.8 Å². The molecule has 186 valence electrons. The molecule has 3 heterocycles. The van der Waals surface area contributed by atoms with E-state index >= 15 is 0 Å². The van der Waals surface area contributed by atoms with Gasteiger partial charge in [-0.15, -0.1) is 0 Å². The monoisotopic (exact) mass is 515 g/mol. The van der Waals surface area contributed by atoms with Crippen LogP contribution in [0.5, 0.6) is 0 Å². The topological polar surface area (TPSA) is 73.6 Å². The fraction of sp³-hybridized carbons (Fsp3) is 0.462. The van der Waals surface area contributed by atoms with Gasteiger partial charge in [0.2, 0.25) is 5.91 Å². The number of nitrogens with one attached hydrogen (secondary N) is 1. The predicted octanol–water partition coefficient (Wildman–Crippen LogP) is 4.10. The standard InChI is InChI=1S/C26H31Cl2N5O2/c1-17(22-8-6-19(27)12-23(22)28)33-25-13-20(7-5-18(25)14-30-33)31-10-11-32(21(15-31)16-34)26(35)24-4-2-3-9-29-24/h5-8,12-14,17,21,24,29,34H,2-4,9-11,15-16H2,1H3/t17-,21?,24-/m1/s1. The summed E-state index contributed by atoms with van der Waals surface area (Å²) in [5, 5.41) is 20.4. The molecule has 3 atom stereocenters. The van der Waals surface area contributed by atoms with Crippen molar-refractivity contribution in [3.63, 3.8) is 0 Å². The van der Waals surface area contributed by atoms with Gasteiger partial charge in [0, 0.05) is 40.8 Å². The molecule has 7 nitrogen and oxygen atoms in total. The minimum absolute atomic E-state index is 0.0543. The number of piperidine rings is 1. The van der Waals surface area contributed by atoms with E-state index in [1.165, 1.54) is 0 Å². The van der Waals surface area contributed by atoms with Gasteiger partial charge in [-0.05, 0) is 62.2 Å². The molecule has 1 unspecified atom stereocenters. The molecule has 0 saturated carbocycles. The lowest BCUT2D eigenvalue weighted by atomic mass is 10.0. The van der Waals surface area contributed by atoms with Gasteiger partial charge in [0.05, 0.1) is 36.4 Å². The number of aliphatic hydroxyl groups is 1. The summed E-state index contributed by atoms with van der Waals surface area (Å²) < 4.78 is 1.98. The van der Waals surface area contributed by atoms with E-state index < -0.39 is 0 Å². The van der Waals surface area contributed by atoms with Crippen molar-refractivity contribution in [2.24, 2.45) is 0 Å². The number of benzene rings is 2. The third-order valence-electron chi connectivity index (χ3n) is 7.31.